The van der Waals surface area contributed by atoms with Crippen LogP contribution in [0.5, 0.6) is 5.88 Å². The van der Waals surface area contributed by atoms with E-state index in [9.17, 15) is 4.79 Å². The average molecular weight is 283 g/mol. The summed E-state index contributed by atoms with van der Waals surface area (Å²) in [5.74, 6) is 0.851. The summed E-state index contributed by atoms with van der Waals surface area (Å²) < 4.78 is 15.0. The second-order valence-corrected chi connectivity index (χ2v) is 3.95. The fourth-order valence-electron chi connectivity index (χ4n) is 1.58. The van der Waals surface area contributed by atoms with Gasteiger partial charge in [-0.3, -0.25) is 9.78 Å². The van der Waals surface area contributed by atoms with Gasteiger partial charge >= 0.3 is 5.97 Å². The minimum atomic E-state index is -0.263. The van der Waals surface area contributed by atoms with E-state index in [1.165, 1.54) is 7.11 Å². The van der Waals surface area contributed by atoms with Gasteiger partial charge in [-0.1, -0.05) is 0 Å². The van der Waals surface area contributed by atoms with Gasteiger partial charge in [0.2, 0.25) is 5.88 Å². The zero-order valence-electron chi connectivity index (χ0n) is 12.2. The standard InChI is InChI=1S/C13H21N3O4/c1-4-20-12-10-14-9-11(15-12)16(7-8-18-2)6-5-13(17)19-3/h9-10H,4-8H2,1-3H3. The lowest BCUT2D eigenvalue weighted by molar-refractivity contribution is -0.140. The molecule has 1 aromatic heterocycles. The quantitative estimate of drug-likeness (QED) is 0.623. The summed E-state index contributed by atoms with van der Waals surface area (Å²) in [6.07, 6.45) is 3.47. The maximum atomic E-state index is 11.2. The minimum Gasteiger partial charge on any atom is -0.477 e. The van der Waals surface area contributed by atoms with Crippen LogP contribution in [0.25, 0.3) is 0 Å². The number of esters is 1. The highest BCUT2D eigenvalue weighted by molar-refractivity contribution is 5.69. The van der Waals surface area contributed by atoms with E-state index in [0.29, 0.717) is 38.0 Å². The summed E-state index contributed by atoms with van der Waals surface area (Å²) in [7, 11) is 3.00. The Labute approximate surface area is 118 Å². The number of hydrogen-bond acceptors (Lipinski definition) is 7. The Kier molecular flexibility index (Phi) is 7.34. The third-order valence-corrected chi connectivity index (χ3v) is 2.59. The van der Waals surface area contributed by atoms with Crippen LogP contribution in [-0.4, -0.2) is 56.5 Å². The lowest BCUT2D eigenvalue weighted by Gasteiger charge is -2.22. The second-order valence-electron chi connectivity index (χ2n) is 3.95. The number of carbonyl (C=O) groups excluding carboxylic acids is 1. The van der Waals surface area contributed by atoms with E-state index < -0.39 is 0 Å². The zero-order valence-corrected chi connectivity index (χ0v) is 12.2. The van der Waals surface area contributed by atoms with Crippen molar-refractivity contribution in [2.45, 2.75) is 13.3 Å². The second kappa shape index (κ2) is 9.08. The first kappa shape index (κ1) is 16.2. The maximum Gasteiger partial charge on any atom is 0.307 e. The van der Waals surface area contributed by atoms with Crippen molar-refractivity contribution in [2.24, 2.45) is 0 Å². The van der Waals surface area contributed by atoms with Crippen LogP contribution in [0.3, 0.4) is 0 Å². The van der Waals surface area contributed by atoms with E-state index in [2.05, 4.69) is 14.7 Å². The van der Waals surface area contributed by atoms with E-state index in [0.717, 1.165) is 0 Å². The number of anilines is 1. The molecule has 0 aliphatic heterocycles. The Morgan fingerprint density at radius 3 is 2.75 bits per heavy atom. The van der Waals surface area contributed by atoms with Crippen molar-refractivity contribution in [3.05, 3.63) is 12.4 Å². The third-order valence-electron chi connectivity index (χ3n) is 2.59. The van der Waals surface area contributed by atoms with Crippen molar-refractivity contribution in [1.29, 1.82) is 0 Å². The molecule has 0 aliphatic carbocycles. The largest absolute Gasteiger partial charge is 0.477 e. The monoisotopic (exact) mass is 283 g/mol. The van der Waals surface area contributed by atoms with Gasteiger partial charge in [-0.15, -0.1) is 0 Å². The van der Waals surface area contributed by atoms with E-state index in [-0.39, 0.29) is 12.4 Å². The molecule has 1 rings (SSSR count). The molecular weight excluding hydrogens is 262 g/mol. The van der Waals surface area contributed by atoms with Gasteiger partial charge in [0.25, 0.3) is 0 Å². The smallest absolute Gasteiger partial charge is 0.307 e. The van der Waals surface area contributed by atoms with E-state index in [1.54, 1.807) is 19.5 Å². The molecule has 0 bridgehead atoms. The molecule has 0 unspecified atom stereocenters. The highest BCUT2D eigenvalue weighted by Gasteiger charge is 2.12. The van der Waals surface area contributed by atoms with Gasteiger partial charge in [-0.25, -0.2) is 0 Å². The molecule has 112 valence electrons. The molecule has 1 aromatic rings. The molecule has 0 fully saturated rings. The predicted octanol–water partition coefficient (Wildman–Crippen LogP) is 0.891. The first-order valence-electron chi connectivity index (χ1n) is 6.46. The molecule has 0 saturated carbocycles. The fraction of sp³-hybridized carbons (Fsp3) is 0.615. The molecule has 1 heterocycles. The molecule has 20 heavy (non-hydrogen) atoms. The lowest BCUT2D eigenvalue weighted by Crippen LogP contribution is -2.30. The van der Waals surface area contributed by atoms with E-state index in [4.69, 9.17) is 9.47 Å². The number of nitrogens with zero attached hydrogens (tertiary/aromatic N) is 3. The van der Waals surface area contributed by atoms with Crippen molar-refractivity contribution >= 4 is 11.8 Å². The molecule has 0 atom stereocenters. The molecule has 0 aliphatic rings. The SMILES string of the molecule is CCOc1cncc(N(CCOC)CCC(=O)OC)n1. The number of rotatable bonds is 9. The maximum absolute atomic E-state index is 11.2. The van der Waals surface area contributed by atoms with Gasteiger partial charge in [-0.2, -0.15) is 4.98 Å². The van der Waals surface area contributed by atoms with Crippen LogP contribution in [0.4, 0.5) is 5.82 Å². The average Bonchev–Trinajstić information content (AvgIpc) is 2.47. The molecule has 0 radical (unpaired) electrons. The van der Waals surface area contributed by atoms with Crippen molar-refractivity contribution < 1.29 is 19.0 Å². The molecule has 0 aromatic carbocycles. The van der Waals surface area contributed by atoms with Crippen molar-refractivity contribution in [2.75, 3.05) is 45.4 Å². The minimum absolute atomic E-state index is 0.263. The molecule has 0 N–H and O–H groups in total. The topological polar surface area (TPSA) is 73.8 Å². The van der Waals surface area contributed by atoms with Crippen LogP contribution in [0.1, 0.15) is 13.3 Å². The normalized spacial score (nSPS) is 10.2. The van der Waals surface area contributed by atoms with Crippen LogP contribution in [0, 0.1) is 0 Å². The predicted molar refractivity (Wildman–Crippen MR) is 73.9 cm³/mol. The molecule has 7 nitrogen and oxygen atoms in total. The zero-order chi connectivity index (χ0) is 14.8. The van der Waals surface area contributed by atoms with Crippen molar-refractivity contribution in [3.8, 4) is 5.88 Å². The molecular formula is C13H21N3O4. The molecule has 0 amide bonds. The van der Waals surface area contributed by atoms with Gasteiger partial charge < -0.3 is 19.1 Å². The first-order chi connectivity index (χ1) is 9.71. The van der Waals surface area contributed by atoms with Crippen molar-refractivity contribution in [3.63, 3.8) is 0 Å². The molecule has 0 saturated heterocycles. The van der Waals surface area contributed by atoms with Crippen LogP contribution in [0.15, 0.2) is 12.4 Å². The molecule has 7 heteroatoms. The fourth-order valence-corrected chi connectivity index (χ4v) is 1.58. The highest BCUT2D eigenvalue weighted by Crippen LogP contribution is 2.14. The van der Waals surface area contributed by atoms with E-state index >= 15 is 0 Å². The summed E-state index contributed by atoms with van der Waals surface area (Å²) in [5.41, 5.74) is 0. The number of aromatic nitrogens is 2. The summed E-state index contributed by atoms with van der Waals surface area (Å²) in [5, 5.41) is 0. The summed E-state index contributed by atoms with van der Waals surface area (Å²) >= 11 is 0. The first-order valence-corrected chi connectivity index (χ1v) is 6.46. The third kappa shape index (κ3) is 5.40. The van der Waals surface area contributed by atoms with Crippen molar-refractivity contribution in [1.82, 2.24) is 9.97 Å². The molecule has 0 spiro atoms. The summed E-state index contributed by atoms with van der Waals surface area (Å²) in [6, 6.07) is 0. The van der Waals surface area contributed by atoms with Crippen LogP contribution in [0.2, 0.25) is 0 Å². The Hall–Kier alpha value is -1.89. The van der Waals surface area contributed by atoms with E-state index in [1.807, 2.05) is 11.8 Å². The van der Waals surface area contributed by atoms with Gasteiger partial charge in [0, 0.05) is 20.2 Å². The Morgan fingerprint density at radius 2 is 2.10 bits per heavy atom. The van der Waals surface area contributed by atoms with Crippen LogP contribution >= 0.6 is 0 Å². The summed E-state index contributed by atoms with van der Waals surface area (Å²) in [4.78, 5) is 21.6. The van der Waals surface area contributed by atoms with Gasteiger partial charge in [0.05, 0.1) is 39.1 Å². The number of hydrogen-bond donors (Lipinski definition) is 0. The Bertz CT molecular complexity index is 414. The van der Waals surface area contributed by atoms with Crippen LogP contribution in [-0.2, 0) is 14.3 Å². The van der Waals surface area contributed by atoms with Gasteiger partial charge in [-0.05, 0) is 6.92 Å². The van der Waals surface area contributed by atoms with Crippen LogP contribution < -0.4 is 9.64 Å². The highest BCUT2D eigenvalue weighted by atomic mass is 16.5. The Morgan fingerprint density at radius 1 is 1.30 bits per heavy atom. The van der Waals surface area contributed by atoms with Gasteiger partial charge in [0.1, 0.15) is 0 Å². The number of ether oxygens (including phenoxy) is 3. The number of carbonyl (C=O) groups is 1. The lowest BCUT2D eigenvalue weighted by atomic mass is 10.3. The Balaban J connectivity index is 2.74. The summed E-state index contributed by atoms with van der Waals surface area (Å²) in [6.45, 7) is 4.03. The number of methoxy groups -OCH3 is 2. The van der Waals surface area contributed by atoms with Gasteiger partial charge in [0.15, 0.2) is 5.82 Å².